The van der Waals surface area contributed by atoms with Gasteiger partial charge in [0.15, 0.2) is 5.69 Å². The highest BCUT2D eigenvalue weighted by Crippen LogP contribution is 2.41. The van der Waals surface area contributed by atoms with Gasteiger partial charge in [-0.1, -0.05) is 37.3 Å². The lowest BCUT2D eigenvalue weighted by Gasteiger charge is -2.28. The van der Waals surface area contributed by atoms with Gasteiger partial charge in [-0.2, -0.15) is 5.10 Å². The summed E-state index contributed by atoms with van der Waals surface area (Å²) < 4.78 is 2.06. The number of carbonyl (C=O) groups is 1. The van der Waals surface area contributed by atoms with Crippen LogP contribution in [0.1, 0.15) is 81.5 Å². The molecular weight excluding hydrogens is 322 g/mol. The summed E-state index contributed by atoms with van der Waals surface area (Å²) in [7, 11) is 0. The van der Waals surface area contributed by atoms with Gasteiger partial charge < -0.3 is 4.90 Å². The van der Waals surface area contributed by atoms with Gasteiger partial charge in [0.2, 0.25) is 0 Å². The summed E-state index contributed by atoms with van der Waals surface area (Å²) in [5.74, 6) is 0.600. The van der Waals surface area contributed by atoms with Crippen molar-refractivity contribution in [3.05, 3.63) is 53.3 Å². The van der Waals surface area contributed by atoms with Gasteiger partial charge in [-0.25, -0.2) is 0 Å². The van der Waals surface area contributed by atoms with Gasteiger partial charge in [0.25, 0.3) is 5.91 Å². The molecule has 26 heavy (non-hydrogen) atoms. The van der Waals surface area contributed by atoms with E-state index in [0.717, 1.165) is 12.0 Å². The maximum atomic E-state index is 13.3. The maximum absolute atomic E-state index is 13.3. The largest absolute Gasteiger partial charge is 0.330 e. The maximum Gasteiger partial charge on any atom is 0.274 e. The smallest absolute Gasteiger partial charge is 0.274 e. The zero-order valence-corrected chi connectivity index (χ0v) is 16.7. The van der Waals surface area contributed by atoms with E-state index in [2.05, 4.69) is 51.4 Å². The number of hydrogen-bond donors (Lipinski definition) is 0. The molecule has 1 aromatic heterocycles. The predicted octanol–water partition coefficient (Wildman–Crippen LogP) is 4.96. The Labute approximate surface area is 157 Å². The average molecular weight is 354 g/mol. The molecule has 0 spiro atoms. The third-order valence-electron chi connectivity index (χ3n) is 5.17. The van der Waals surface area contributed by atoms with Crippen LogP contribution in [0, 0.1) is 0 Å². The van der Waals surface area contributed by atoms with Gasteiger partial charge in [-0.15, -0.1) is 0 Å². The number of carbonyl (C=O) groups excluding carboxylic acids is 1. The minimum absolute atomic E-state index is 0.0353. The quantitative estimate of drug-likeness (QED) is 0.736. The van der Waals surface area contributed by atoms with E-state index in [9.17, 15) is 4.79 Å². The molecule has 0 radical (unpaired) electrons. The Morgan fingerprint density at radius 1 is 1.27 bits per heavy atom. The zero-order chi connectivity index (χ0) is 18.9. The van der Waals surface area contributed by atoms with E-state index in [0.29, 0.717) is 18.2 Å². The van der Waals surface area contributed by atoms with Crippen LogP contribution in [0.4, 0.5) is 0 Å². The average Bonchev–Trinajstić information content (AvgIpc) is 3.36. The van der Waals surface area contributed by atoms with Crippen LogP contribution in [0.25, 0.3) is 0 Å². The first-order chi connectivity index (χ1) is 12.3. The van der Waals surface area contributed by atoms with Gasteiger partial charge in [0.1, 0.15) is 0 Å². The molecule has 0 saturated heterocycles. The lowest BCUT2D eigenvalue weighted by atomic mass is 10.1. The Morgan fingerprint density at radius 3 is 2.46 bits per heavy atom. The molecule has 0 aliphatic heterocycles. The van der Waals surface area contributed by atoms with Gasteiger partial charge in [-0.05, 0) is 58.6 Å². The molecule has 1 unspecified atom stereocenters. The van der Waals surface area contributed by atoms with E-state index in [1.807, 2.05) is 29.2 Å². The zero-order valence-electron chi connectivity index (χ0n) is 16.7. The van der Waals surface area contributed by atoms with Crippen LogP contribution >= 0.6 is 0 Å². The molecule has 1 aliphatic carbocycles. The minimum Gasteiger partial charge on any atom is -0.330 e. The second kappa shape index (κ2) is 7.26. The third kappa shape index (κ3) is 4.00. The van der Waals surface area contributed by atoms with Crippen molar-refractivity contribution in [2.75, 3.05) is 0 Å². The number of benzene rings is 1. The Bertz CT molecular complexity index is 753. The first-order valence-electron chi connectivity index (χ1n) is 9.76. The molecule has 2 aromatic rings. The van der Waals surface area contributed by atoms with Crippen molar-refractivity contribution in [2.24, 2.45) is 0 Å². The topological polar surface area (TPSA) is 38.1 Å². The molecule has 1 amide bonds. The van der Waals surface area contributed by atoms with E-state index in [1.54, 1.807) is 0 Å². The summed E-state index contributed by atoms with van der Waals surface area (Å²) in [6.07, 6.45) is 3.33. The van der Waals surface area contributed by atoms with E-state index >= 15 is 0 Å². The number of aromatic nitrogens is 2. The molecular formula is C22H31N3O. The monoisotopic (exact) mass is 353 g/mol. The summed E-state index contributed by atoms with van der Waals surface area (Å²) >= 11 is 0. The Kier molecular flexibility index (Phi) is 5.22. The Balaban J connectivity index is 1.91. The second-order valence-corrected chi connectivity index (χ2v) is 8.49. The molecule has 3 rings (SSSR count). The van der Waals surface area contributed by atoms with Crippen LogP contribution < -0.4 is 0 Å². The molecule has 1 aromatic carbocycles. The van der Waals surface area contributed by atoms with E-state index in [-0.39, 0.29) is 17.5 Å². The molecule has 0 N–H and O–H groups in total. The lowest BCUT2D eigenvalue weighted by Crippen LogP contribution is -2.38. The highest BCUT2D eigenvalue weighted by molar-refractivity contribution is 5.92. The third-order valence-corrected chi connectivity index (χ3v) is 5.17. The standard InChI is InChI=1S/C22H31N3O/c1-6-16(2)24(15-17-10-8-7-9-11-17)21(26)19-14-20(18-12-13-18)25(23-19)22(3,4)5/h7-11,14,16,18H,6,12-13,15H2,1-5H3. The molecule has 140 valence electrons. The van der Waals surface area contributed by atoms with Crippen LogP contribution in [-0.2, 0) is 12.1 Å². The lowest BCUT2D eigenvalue weighted by molar-refractivity contribution is 0.0663. The van der Waals surface area contributed by atoms with Crippen LogP contribution in [0.2, 0.25) is 0 Å². The molecule has 0 bridgehead atoms. The molecule has 1 aliphatic rings. The number of rotatable bonds is 6. The summed E-state index contributed by atoms with van der Waals surface area (Å²) in [5, 5.41) is 4.75. The fourth-order valence-electron chi connectivity index (χ4n) is 3.28. The van der Waals surface area contributed by atoms with Crippen molar-refractivity contribution in [2.45, 2.75) is 77.9 Å². The predicted molar refractivity (Wildman–Crippen MR) is 105 cm³/mol. The molecule has 1 heterocycles. The van der Waals surface area contributed by atoms with Crippen molar-refractivity contribution >= 4 is 5.91 Å². The first-order valence-corrected chi connectivity index (χ1v) is 9.76. The van der Waals surface area contributed by atoms with Crippen molar-refractivity contribution in [3.8, 4) is 0 Å². The summed E-state index contributed by atoms with van der Waals surface area (Å²) in [5.41, 5.74) is 2.83. The molecule has 1 fully saturated rings. The van der Waals surface area contributed by atoms with Gasteiger partial charge in [0.05, 0.1) is 5.54 Å². The van der Waals surface area contributed by atoms with Crippen molar-refractivity contribution in [1.82, 2.24) is 14.7 Å². The highest BCUT2D eigenvalue weighted by Gasteiger charge is 2.33. The molecule has 4 heteroatoms. The summed E-state index contributed by atoms with van der Waals surface area (Å²) in [4.78, 5) is 15.3. The van der Waals surface area contributed by atoms with Crippen LogP contribution in [0.15, 0.2) is 36.4 Å². The van der Waals surface area contributed by atoms with Crippen LogP contribution in [-0.4, -0.2) is 26.6 Å². The van der Waals surface area contributed by atoms with E-state index in [4.69, 9.17) is 5.10 Å². The molecule has 1 atom stereocenters. The number of nitrogens with zero attached hydrogens (tertiary/aromatic N) is 3. The molecule has 1 saturated carbocycles. The van der Waals surface area contributed by atoms with Crippen molar-refractivity contribution in [3.63, 3.8) is 0 Å². The van der Waals surface area contributed by atoms with Gasteiger partial charge in [-0.3, -0.25) is 9.48 Å². The van der Waals surface area contributed by atoms with Crippen LogP contribution in [0.5, 0.6) is 0 Å². The van der Waals surface area contributed by atoms with E-state index < -0.39 is 0 Å². The summed E-state index contributed by atoms with van der Waals surface area (Å²) in [6.45, 7) is 11.3. The van der Waals surface area contributed by atoms with Crippen molar-refractivity contribution in [1.29, 1.82) is 0 Å². The Morgan fingerprint density at radius 2 is 1.92 bits per heavy atom. The fourth-order valence-corrected chi connectivity index (χ4v) is 3.28. The van der Waals surface area contributed by atoms with E-state index in [1.165, 1.54) is 18.5 Å². The normalized spacial score (nSPS) is 15.7. The molecule has 4 nitrogen and oxygen atoms in total. The van der Waals surface area contributed by atoms with Crippen LogP contribution in [0.3, 0.4) is 0 Å². The number of amides is 1. The summed E-state index contributed by atoms with van der Waals surface area (Å²) in [6, 6.07) is 12.4. The SMILES string of the molecule is CCC(C)N(Cc1ccccc1)C(=O)c1cc(C2CC2)n(C(C)(C)C)n1. The number of hydrogen-bond acceptors (Lipinski definition) is 2. The van der Waals surface area contributed by atoms with Gasteiger partial charge >= 0.3 is 0 Å². The first kappa shape index (κ1) is 18.7. The minimum atomic E-state index is -0.114. The second-order valence-electron chi connectivity index (χ2n) is 8.49. The van der Waals surface area contributed by atoms with Gasteiger partial charge in [0, 0.05) is 24.2 Å². The highest BCUT2D eigenvalue weighted by atomic mass is 16.2. The Hall–Kier alpha value is -2.10. The van der Waals surface area contributed by atoms with Crippen molar-refractivity contribution < 1.29 is 4.79 Å². The fraction of sp³-hybridized carbons (Fsp3) is 0.545.